The van der Waals surface area contributed by atoms with E-state index in [4.69, 9.17) is 0 Å². The summed E-state index contributed by atoms with van der Waals surface area (Å²) in [4.78, 5) is 23.8. The van der Waals surface area contributed by atoms with Crippen molar-refractivity contribution in [1.82, 2.24) is 0 Å². The lowest BCUT2D eigenvalue weighted by molar-refractivity contribution is -0.137. The molecule has 3 saturated carbocycles. The first kappa shape index (κ1) is 10.5. The highest BCUT2D eigenvalue weighted by molar-refractivity contribution is 6.02. The summed E-state index contributed by atoms with van der Waals surface area (Å²) in [5, 5.41) is 0. The molecule has 1 unspecified atom stereocenters. The topological polar surface area (TPSA) is 34.1 Å². The Balaban J connectivity index is 2.21. The van der Waals surface area contributed by atoms with E-state index in [1.54, 1.807) is 0 Å². The van der Waals surface area contributed by atoms with Gasteiger partial charge in [0.2, 0.25) is 0 Å². The Bertz CT molecular complexity index is 375. The van der Waals surface area contributed by atoms with Crippen LogP contribution in [0.4, 0.5) is 0 Å². The third-order valence-corrected chi connectivity index (χ3v) is 6.41. The molecule has 0 bridgehead atoms. The molecule has 0 N–H and O–H groups in total. The van der Waals surface area contributed by atoms with Gasteiger partial charge in [-0.3, -0.25) is 4.79 Å². The molecule has 0 saturated heterocycles. The van der Waals surface area contributed by atoms with Crippen LogP contribution in [0.3, 0.4) is 0 Å². The summed E-state index contributed by atoms with van der Waals surface area (Å²) >= 11 is 0. The van der Waals surface area contributed by atoms with Crippen LogP contribution >= 0.6 is 0 Å². The Hall–Kier alpha value is -0.660. The third kappa shape index (κ3) is 0.771. The standard InChI is InChI=1S/C14H20O2/c1-10-4-7-14-6-3-5-13(10,14)8-11(16)12(14,2)9-15/h9-10H,3-8H2,1-2H3/t10?,12-,13+,14+/m1/s1. The molecule has 0 aromatic carbocycles. The molecule has 0 aliphatic heterocycles. The molecule has 3 fully saturated rings. The van der Waals surface area contributed by atoms with Gasteiger partial charge in [0.1, 0.15) is 12.1 Å². The van der Waals surface area contributed by atoms with E-state index in [2.05, 4.69) is 6.92 Å². The second-order valence-corrected chi connectivity index (χ2v) is 6.45. The fourth-order valence-electron chi connectivity index (χ4n) is 5.41. The van der Waals surface area contributed by atoms with Crippen LogP contribution in [0.15, 0.2) is 0 Å². The van der Waals surface area contributed by atoms with Crippen LogP contribution in [0.2, 0.25) is 0 Å². The number of rotatable bonds is 1. The van der Waals surface area contributed by atoms with Crippen LogP contribution in [0.5, 0.6) is 0 Å². The molecule has 3 aliphatic carbocycles. The van der Waals surface area contributed by atoms with Gasteiger partial charge in [-0.25, -0.2) is 0 Å². The average molecular weight is 220 g/mol. The van der Waals surface area contributed by atoms with E-state index in [-0.39, 0.29) is 16.6 Å². The van der Waals surface area contributed by atoms with Crippen molar-refractivity contribution in [2.45, 2.75) is 52.4 Å². The van der Waals surface area contributed by atoms with E-state index in [1.807, 2.05) is 6.92 Å². The highest BCUT2D eigenvalue weighted by Crippen LogP contribution is 2.76. The normalized spacial score (nSPS) is 55.1. The van der Waals surface area contributed by atoms with Gasteiger partial charge in [0.25, 0.3) is 0 Å². The molecule has 3 aliphatic rings. The predicted molar refractivity (Wildman–Crippen MR) is 60.9 cm³/mol. The van der Waals surface area contributed by atoms with E-state index in [9.17, 15) is 9.59 Å². The molecule has 0 aromatic rings. The third-order valence-electron chi connectivity index (χ3n) is 6.41. The predicted octanol–water partition coefficient (Wildman–Crippen LogP) is 2.75. The molecule has 0 spiro atoms. The van der Waals surface area contributed by atoms with E-state index in [0.717, 1.165) is 19.1 Å². The molecule has 3 rings (SSSR count). The van der Waals surface area contributed by atoms with Crippen LogP contribution in [-0.4, -0.2) is 12.1 Å². The van der Waals surface area contributed by atoms with Gasteiger partial charge in [-0.2, -0.15) is 0 Å². The molecule has 0 aromatic heterocycles. The van der Waals surface area contributed by atoms with Gasteiger partial charge >= 0.3 is 0 Å². The minimum Gasteiger partial charge on any atom is -0.302 e. The number of ketones is 1. The molecule has 2 nitrogen and oxygen atoms in total. The maximum atomic E-state index is 12.3. The highest BCUT2D eigenvalue weighted by atomic mass is 16.1. The SMILES string of the molecule is CC1CC[C@]23CCC[C@]12CC(=O)[C@@]3(C)C=O. The first-order valence-electron chi connectivity index (χ1n) is 6.52. The van der Waals surface area contributed by atoms with Crippen molar-refractivity contribution in [3.05, 3.63) is 0 Å². The molecule has 16 heavy (non-hydrogen) atoms. The molecule has 0 amide bonds. The number of hydrogen-bond donors (Lipinski definition) is 0. The number of aldehydes is 1. The van der Waals surface area contributed by atoms with Crippen molar-refractivity contribution < 1.29 is 9.59 Å². The summed E-state index contributed by atoms with van der Waals surface area (Å²) in [6.45, 7) is 4.20. The Morgan fingerprint density at radius 3 is 2.75 bits per heavy atom. The Morgan fingerprint density at radius 1 is 1.31 bits per heavy atom. The van der Waals surface area contributed by atoms with Gasteiger partial charge in [-0.1, -0.05) is 13.3 Å². The van der Waals surface area contributed by atoms with Crippen molar-refractivity contribution in [3.8, 4) is 0 Å². The summed E-state index contributed by atoms with van der Waals surface area (Å²) in [6, 6.07) is 0. The van der Waals surface area contributed by atoms with Crippen LogP contribution < -0.4 is 0 Å². The van der Waals surface area contributed by atoms with Crippen LogP contribution in [0, 0.1) is 22.2 Å². The van der Waals surface area contributed by atoms with Gasteiger partial charge in [-0.05, 0) is 49.4 Å². The Labute approximate surface area is 96.8 Å². The first-order chi connectivity index (χ1) is 7.52. The molecule has 88 valence electrons. The Kier molecular flexibility index (Phi) is 1.82. The van der Waals surface area contributed by atoms with Gasteiger partial charge in [0, 0.05) is 6.42 Å². The van der Waals surface area contributed by atoms with Crippen molar-refractivity contribution >= 4 is 12.1 Å². The van der Waals surface area contributed by atoms with E-state index >= 15 is 0 Å². The lowest BCUT2D eigenvalue weighted by Crippen LogP contribution is -2.43. The van der Waals surface area contributed by atoms with Crippen molar-refractivity contribution in [3.63, 3.8) is 0 Å². The van der Waals surface area contributed by atoms with Crippen molar-refractivity contribution in [2.75, 3.05) is 0 Å². The Morgan fingerprint density at radius 2 is 2.06 bits per heavy atom. The van der Waals surface area contributed by atoms with E-state index in [0.29, 0.717) is 12.3 Å². The van der Waals surface area contributed by atoms with Crippen molar-refractivity contribution in [2.24, 2.45) is 22.2 Å². The highest BCUT2D eigenvalue weighted by Gasteiger charge is 2.74. The average Bonchev–Trinajstić information content (AvgIpc) is 2.80. The minimum absolute atomic E-state index is 0.0260. The van der Waals surface area contributed by atoms with Gasteiger partial charge in [0.15, 0.2) is 0 Å². The first-order valence-corrected chi connectivity index (χ1v) is 6.52. The zero-order valence-corrected chi connectivity index (χ0v) is 10.2. The fraction of sp³-hybridized carbons (Fsp3) is 0.857. The summed E-state index contributed by atoms with van der Waals surface area (Å²) in [7, 11) is 0. The van der Waals surface area contributed by atoms with Gasteiger partial charge in [0.05, 0.1) is 5.41 Å². The quantitative estimate of drug-likeness (QED) is 0.503. The summed E-state index contributed by atoms with van der Waals surface area (Å²) in [6.07, 6.45) is 7.42. The second kappa shape index (κ2) is 2.77. The number of hydrogen-bond acceptors (Lipinski definition) is 2. The number of Topliss-reactive ketones (excluding diaryl/α,β-unsaturated/α-hetero) is 1. The molecule has 4 atom stereocenters. The summed E-state index contributed by atoms with van der Waals surface area (Å²) < 4.78 is 0. The maximum absolute atomic E-state index is 12.3. The van der Waals surface area contributed by atoms with Gasteiger partial charge < -0.3 is 4.79 Å². The van der Waals surface area contributed by atoms with E-state index in [1.165, 1.54) is 19.3 Å². The maximum Gasteiger partial charge on any atom is 0.147 e. The largest absolute Gasteiger partial charge is 0.302 e. The second-order valence-electron chi connectivity index (χ2n) is 6.45. The monoisotopic (exact) mass is 220 g/mol. The molecule has 0 radical (unpaired) electrons. The van der Waals surface area contributed by atoms with Gasteiger partial charge in [-0.15, -0.1) is 0 Å². The summed E-state index contributed by atoms with van der Waals surface area (Å²) in [5.41, 5.74) is -0.466. The zero-order valence-electron chi connectivity index (χ0n) is 10.2. The van der Waals surface area contributed by atoms with Crippen LogP contribution in [0.25, 0.3) is 0 Å². The molecule has 0 heterocycles. The van der Waals surface area contributed by atoms with Crippen LogP contribution in [0.1, 0.15) is 52.4 Å². The molecular weight excluding hydrogens is 200 g/mol. The lowest BCUT2D eigenvalue weighted by atomic mass is 9.59. The number of carbonyl (C=O) groups is 2. The fourth-order valence-corrected chi connectivity index (χ4v) is 5.41. The van der Waals surface area contributed by atoms with E-state index < -0.39 is 5.41 Å². The van der Waals surface area contributed by atoms with Crippen molar-refractivity contribution in [1.29, 1.82) is 0 Å². The zero-order chi connectivity index (χ0) is 11.6. The lowest BCUT2D eigenvalue weighted by Gasteiger charge is -2.42. The summed E-state index contributed by atoms with van der Waals surface area (Å²) in [5.74, 6) is 0.842. The molecular formula is C14H20O2. The molecule has 2 heteroatoms. The van der Waals surface area contributed by atoms with Crippen LogP contribution in [-0.2, 0) is 9.59 Å². The minimum atomic E-state index is -0.672. The number of carbonyl (C=O) groups excluding carboxylic acids is 2. The smallest absolute Gasteiger partial charge is 0.147 e.